The zero-order valence-corrected chi connectivity index (χ0v) is 102. The number of hydrogen-bond donors (Lipinski definition) is 13. The van der Waals surface area contributed by atoms with Crippen molar-refractivity contribution < 1.29 is 87.2 Å². The molecule has 143 heavy (non-hydrogen) atoms. The van der Waals surface area contributed by atoms with E-state index >= 15 is 0 Å². The van der Waals surface area contributed by atoms with Gasteiger partial charge in [-0.25, -0.2) is 39.6 Å². The number of fused-ring (bicyclic) bond motifs is 1. The van der Waals surface area contributed by atoms with Crippen LogP contribution in [0.15, 0.2) is 24.3 Å². The number of hydrogen-bond acceptors (Lipinski definition) is 25. The predicted octanol–water partition coefficient (Wildman–Crippen LogP) is 21.6. The summed E-state index contributed by atoms with van der Waals surface area (Å²) in [6.45, 7) is 92.4. The molecule has 0 radical (unpaired) electrons. The lowest BCUT2D eigenvalue weighted by Crippen LogP contribution is -2.30. The predicted molar refractivity (Wildman–Crippen MR) is 621 cm³/mol. The van der Waals surface area contributed by atoms with Crippen molar-refractivity contribution in [1.29, 1.82) is 0 Å². The van der Waals surface area contributed by atoms with Crippen LogP contribution in [0.2, 0.25) is 0 Å². The molecule has 1 aromatic carbocycles. The third-order valence-corrected chi connectivity index (χ3v) is 22.5. The molecule has 870 valence electrons. The number of para-hydroxylation sites is 2. The van der Waals surface area contributed by atoms with Gasteiger partial charge in [0.1, 0.15) is 23.1 Å². The van der Waals surface area contributed by atoms with Crippen molar-refractivity contribution in [3.8, 4) is 11.5 Å². The number of ether oxygens (including phenoxy) is 6. The Morgan fingerprint density at radius 2 is 0.559 bits per heavy atom. The zero-order chi connectivity index (χ0) is 113. The van der Waals surface area contributed by atoms with E-state index in [1.165, 1.54) is 199 Å². The Labute approximate surface area is 889 Å². The van der Waals surface area contributed by atoms with Crippen molar-refractivity contribution in [1.82, 2.24) is 67.9 Å². The van der Waals surface area contributed by atoms with E-state index in [2.05, 4.69) is 69.7 Å². The van der Waals surface area contributed by atoms with Gasteiger partial charge >= 0.3 is 12.1 Å². The Kier molecular flexibility index (Phi) is 200. The van der Waals surface area contributed by atoms with Gasteiger partial charge in [0, 0.05) is 105 Å². The average Bonchev–Trinajstić information content (AvgIpc) is 1.77. The number of carbonyl (C=O) groups is 7. The summed E-state index contributed by atoms with van der Waals surface area (Å²) in [6.07, 6.45) is 33.9. The Morgan fingerprint density at radius 3 is 0.720 bits per heavy atom. The molecular weight excluding hydrogens is 1900 g/mol. The molecule has 0 saturated carbocycles. The van der Waals surface area contributed by atoms with E-state index in [1.54, 1.807) is 0 Å². The van der Waals surface area contributed by atoms with Gasteiger partial charge in [0.25, 0.3) is 0 Å². The number of piperidine rings is 1. The Morgan fingerprint density at radius 1 is 0.238 bits per heavy atom. The van der Waals surface area contributed by atoms with Crippen LogP contribution in [0.3, 0.4) is 0 Å². The van der Waals surface area contributed by atoms with E-state index in [0.717, 1.165) is 129 Å². The maximum Gasteiger partial charge on any atom is 0.321 e. The Bertz CT molecular complexity index is 2520. The first-order valence-corrected chi connectivity index (χ1v) is 63.3. The number of nitrogens with one attached hydrogen (secondary N) is 13. The van der Waals surface area contributed by atoms with E-state index in [4.69, 9.17) is 28.4 Å². The minimum atomic E-state index is -3.20. The molecule has 0 bridgehead atoms. The number of rotatable bonds is 0. The molecule has 9 amide bonds. The SMILES string of the molecule is C1CCCNCC1.C1CCCOCC1.C1CCNC1.C1CCNCC1.C1CCOC1.C1CCOCC1.C1CCSC1.C1CNC1.C1COCCN1.CC.CC.CC.CC.CC.CC.CC.CC.CC.CC.CC.CC.CC.CC.CC.CC.CC.O=C1CCC(=O)N1.O=C1CCCN1.O=C1CCS(=O)(=O)N1.O=C1CNC(=O)N1.O=C1NCCN1.O=S1(=O)CCCC1.O=S1(=O)CCCN1.c1ccc2c(c1)OCCO2. The van der Waals surface area contributed by atoms with Crippen molar-refractivity contribution in [2.75, 3.05) is 199 Å². The summed E-state index contributed by atoms with van der Waals surface area (Å²) in [4.78, 5) is 70.6. The highest BCUT2D eigenvalue weighted by molar-refractivity contribution is 7.99. The fraction of sp³-hybridized carbons (Fsp3) is 0.879. The summed E-state index contributed by atoms with van der Waals surface area (Å²) < 4.78 is 97.1. The molecule has 1 aromatic rings. The van der Waals surface area contributed by atoms with Gasteiger partial charge in [-0.15, -0.1) is 0 Å². The van der Waals surface area contributed by atoms with Gasteiger partial charge in [0.2, 0.25) is 49.6 Å². The van der Waals surface area contributed by atoms with Crippen molar-refractivity contribution in [3.63, 3.8) is 0 Å². The minimum Gasteiger partial charge on any atom is -0.486 e. The second-order valence-corrected chi connectivity index (χ2v) is 34.0. The molecule has 36 heteroatoms. The van der Waals surface area contributed by atoms with Gasteiger partial charge in [-0.3, -0.25) is 39.3 Å². The number of amides is 9. The molecule has 0 aromatic heterocycles. The highest BCUT2D eigenvalue weighted by Crippen LogP contribution is 2.28. The lowest BCUT2D eigenvalue weighted by atomic mass is 10.2. The maximum atomic E-state index is 10.4. The summed E-state index contributed by atoms with van der Waals surface area (Å²) >= 11 is 2.07. The van der Waals surface area contributed by atoms with Crippen molar-refractivity contribution >= 4 is 83.2 Å². The number of sulfonamides is 2. The minimum absolute atomic E-state index is 0.0463. The van der Waals surface area contributed by atoms with E-state index in [9.17, 15) is 58.8 Å². The fourth-order valence-corrected chi connectivity index (χ4v) is 15.0. The number of imide groups is 2. The Balaban J connectivity index is -0.0000000842. The van der Waals surface area contributed by atoms with E-state index < -0.39 is 41.8 Å². The summed E-state index contributed by atoms with van der Waals surface area (Å²) in [7, 11) is -8.54. The van der Waals surface area contributed by atoms with Crippen LogP contribution in [0.5, 0.6) is 11.5 Å². The molecule has 32 nitrogen and oxygen atoms in total. The molecule has 17 heterocycles. The molecule has 13 N–H and O–H groups in total. The summed E-state index contributed by atoms with van der Waals surface area (Å²) in [5.41, 5.74) is 0. The topological polar surface area (TPSA) is 434 Å². The van der Waals surface area contributed by atoms with Crippen LogP contribution < -0.4 is 77.4 Å². The average molecular weight is 2140 g/mol. The number of urea groups is 2. The van der Waals surface area contributed by atoms with E-state index in [-0.39, 0.29) is 48.4 Å². The third-order valence-electron chi connectivity index (χ3n) is 16.7. The lowest BCUT2D eigenvalue weighted by molar-refractivity contribution is -0.125. The van der Waals surface area contributed by atoms with Crippen molar-refractivity contribution in [3.05, 3.63) is 24.3 Å². The van der Waals surface area contributed by atoms with Crippen molar-refractivity contribution in [2.45, 2.75) is 422 Å². The second-order valence-electron chi connectivity index (χ2n) is 26.7. The smallest absolute Gasteiger partial charge is 0.321 e. The Hall–Kier alpha value is -5.09. The van der Waals surface area contributed by atoms with Gasteiger partial charge in [0.05, 0.1) is 42.8 Å². The first-order valence-electron chi connectivity index (χ1n) is 57.0. The molecule has 0 atom stereocenters. The summed E-state index contributed by atoms with van der Waals surface area (Å²) in [5.74, 6) is 4.90. The molecule has 17 aliphatic heterocycles. The normalized spacial score (nSPS) is 18.1. The van der Waals surface area contributed by atoms with Crippen LogP contribution in [0.4, 0.5) is 9.59 Å². The number of benzene rings is 1. The molecule has 18 rings (SSSR count). The summed E-state index contributed by atoms with van der Waals surface area (Å²) in [6, 6.07) is 7.25. The fourth-order valence-electron chi connectivity index (χ4n) is 10.3. The van der Waals surface area contributed by atoms with Gasteiger partial charge in [0.15, 0.2) is 11.5 Å². The number of sulfone groups is 1. The zero-order valence-electron chi connectivity index (χ0n) is 99.1. The molecular formula is C107H239N13O19S4. The van der Waals surface area contributed by atoms with Gasteiger partial charge in [-0.05, 0) is 204 Å². The van der Waals surface area contributed by atoms with Gasteiger partial charge in [-0.2, -0.15) is 11.8 Å². The summed E-state index contributed by atoms with van der Waals surface area (Å²) in [5, 5.41) is 30.4. The molecule has 0 aliphatic carbocycles. The van der Waals surface area contributed by atoms with Crippen LogP contribution in [0, 0.1) is 0 Å². The molecule has 16 saturated heterocycles. The van der Waals surface area contributed by atoms with Crippen molar-refractivity contribution in [2.24, 2.45) is 0 Å². The number of thioether (sulfide) groups is 1. The van der Waals surface area contributed by atoms with Gasteiger partial charge in [-0.1, -0.05) is 280 Å². The van der Waals surface area contributed by atoms with Crippen LogP contribution in [0.25, 0.3) is 0 Å². The highest BCUT2D eigenvalue weighted by Gasteiger charge is 2.23. The molecule has 17 aliphatic rings. The quantitative estimate of drug-likeness (QED) is 0.0847. The van der Waals surface area contributed by atoms with Crippen LogP contribution in [0.1, 0.15) is 422 Å². The monoisotopic (exact) mass is 2140 g/mol. The number of morpholine rings is 1. The standard InChI is InChI=1S/C8H8O2.C6H13N.C6H12O.C5H11N.C5H10O.C4H5NO2.C4H9NO.C4H7NO.C4H9N.C4H8O2S.C4H8O.C4H8S.C3H4N2O2.C3H6N2O.C3H5NO3S.C3H7NO2S.C3H7N.17C2H6/c1-2-4-8-7(3-1)9-5-6-10-8;2*1-2-4-6-7-5-3-1;2*1-2-4-6-5-3-1;6-3-1-2-4(7)5-3;1-3-6-4-2-5-1;6-4-2-1-3-5-4;1-2-4-5-3-1;5-7(6)3-1-2-4-7;2*1-2-4-5-3-1;6-2-1-4-3(7)5-2;6-3-4-1-2-5-3;5-3-1-2-8(6,7)4-3;5-7(6)3-1-2-4-7;1-2-4-3-1;17*1-2/h1-4H,5-6H2;7H,1-6H2;1-6H2;6H,1-5H2;1-5H2;1-2H2,(H,5,6,7);5H,1-4H2;1-3H2,(H,5,6);5H,1-4H2;1-4H2;2*1-4H2;1H2,(H2,4,5,6,7);1-2H2,(H2,4,5,6);1-2H2,(H,4,5);4H,1-3H2;4H,1-3H2;17*1-2H3. The van der Waals surface area contributed by atoms with Crippen LogP contribution in [-0.2, 0) is 72.8 Å². The van der Waals surface area contributed by atoms with E-state index in [1.807, 2.05) is 270 Å². The molecule has 16 fully saturated rings. The lowest BCUT2D eigenvalue weighted by Gasteiger charge is -2.17. The van der Waals surface area contributed by atoms with Crippen LogP contribution in [-0.4, -0.2) is 266 Å². The molecule has 0 unspecified atom stereocenters. The first-order chi connectivity index (χ1) is 69.8. The highest BCUT2D eigenvalue weighted by atomic mass is 32.2. The third kappa shape index (κ3) is 160. The van der Waals surface area contributed by atoms with Gasteiger partial charge < -0.3 is 76.3 Å². The largest absolute Gasteiger partial charge is 0.486 e. The molecule has 0 spiro atoms. The van der Waals surface area contributed by atoms with E-state index in [0.29, 0.717) is 49.9 Å². The maximum absolute atomic E-state index is 10.4. The van der Waals surface area contributed by atoms with Crippen LogP contribution >= 0.6 is 11.8 Å². The second kappa shape index (κ2) is 165. The first kappa shape index (κ1) is 174. The number of carbonyl (C=O) groups excluding carboxylic acids is 7.